The predicted molar refractivity (Wildman–Crippen MR) is 77.7 cm³/mol. The van der Waals surface area contributed by atoms with Crippen LogP contribution in [0.2, 0.25) is 0 Å². The van der Waals surface area contributed by atoms with Gasteiger partial charge in [0.25, 0.3) is 0 Å². The van der Waals surface area contributed by atoms with Crippen molar-refractivity contribution in [3.63, 3.8) is 0 Å². The molecule has 1 aliphatic rings. The lowest BCUT2D eigenvalue weighted by Gasteiger charge is -2.21. The van der Waals surface area contributed by atoms with E-state index in [0.717, 1.165) is 0 Å². The van der Waals surface area contributed by atoms with Gasteiger partial charge in [0.05, 0.1) is 0 Å². The van der Waals surface area contributed by atoms with E-state index in [1.165, 1.54) is 30.4 Å². The number of Topliss-reactive ketones (excluding diaryl/α,β-unsaturated/α-hetero) is 1. The summed E-state index contributed by atoms with van der Waals surface area (Å²) in [5, 5.41) is 11.3. The van der Waals surface area contributed by atoms with Gasteiger partial charge in [0.1, 0.15) is 11.7 Å². The van der Waals surface area contributed by atoms with E-state index >= 15 is 0 Å². The number of hydrogen-bond donors (Lipinski definition) is 4. The third-order valence-electron chi connectivity index (χ3n) is 3.02. The summed E-state index contributed by atoms with van der Waals surface area (Å²) >= 11 is 0. The average molecular weight is 323 g/mol. The van der Waals surface area contributed by atoms with Gasteiger partial charge < -0.3 is 14.9 Å². The molecule has 0 heterocycles. The van der Waals surface area contributed by atoms with Crippen LogP contribution < -0.4 is 5.09 Å². The number of benzene rings is 1. The quantitative estimate of drug-likeness (QED) is 0.467. The molecule has 0 aliphatic heterocycles. The molecule has 7 nitrogen and oxygen atoms in total. The Morgan fingerprint density at radius 2 is 2.05 bits per heavy atom. The molecule has 1 atom stereocenters. The normalized spacial score (nSPS) is 18.0. The molecule has 4 N–H and O–H groups in total. The Morgan fingerprint density at radius 1 is 1.32 bits per heavy atom. The molecule has 0 radical (unpaired) electrons. The van der Waals surface area contributed by atoms with Crippen LogP contribution >= 0.6 is 7.75 Å². The standard InChI is InChI=1S/C14H14NO6P/c16-10-4-1-3-9(7-10)8-13(18)14-11(15-22(19,20)21)5-2-6-12(14)17/h1-7,14,16H,8H2,(H3,15,19,20,21). The van der Waals surface area contributed by atoms with Crippen molar-refractivity contribution in [3.8, 4) is 5.75 Å². The Hall–Kier alpha value is -2.21. The molecular formula is C14H14NO6P. The highest BCUT2D eigenvalue weighted by Crippen LogP contribution is 2.33. The maximum absolute atomic E-state index is 12.3. The first-order chi connectivity index (χ1) is 10.3. The van der Waals surface area contributed by atoms with Crippen LogP contribution in [0.4, 0.5) is 0 Å². The number of nitrogens with one attached hydrogen (secondary N) is 1. The highest BCUT2D eigenvalue weighted by atomic mass is 31.2. The summed E-state index contributed by atoms with van der Waals surface area (Å²) in [7, 11) is -4.62. The summed E-state index contributed by atoms with van der Waals surface area (Å²) in [5.74, 6) is -2.37. The largest absolute Gasteiger partial charge is 0.508 e. The summed E-state index contributed by atoms with van der Waals surface area (Å²) in [4.78, 5) is 42.1. The van der Waals surface area contributed by atoms with Crippen LogP contribution in [0.25, 0.3) is 0 Å². The molecule has 0 saturated carbocycles. The van der Waals surface area contributed by atoms with Crippen molar-refractivity contribution in [2.75, 3.05) is 0 Å². The lowest BCUT2D eigenvalue weighted by atomic mass is 9.88. The van der Waals surface area contributed by atoms with Crippen molar-refractivity contribution >= 4 is 19.3 Å². The molecule has 1 aromatic rings. The number of allylic oxidation sites excluding steroid dienone is 4. The van der Waals surface area contributed by atoms with E-state index in [4.69, 9.17) is 9.79 Å². The minimum atomic E-state index is -4.62. The molecule has 1 unspecified atom stereocenters. The zero-order chi connectivity index (χ0) is 16.3. The van der Waals surface area contributed by atoms with Crippen LogP contribution in [0.1, 0.15) is 5.56 Å². The van der Waals surface area contributed by atoms with Crippen molar-refractivity contribution in [3.05, 3.63) is 53.8 Å². The summed E-state index contributed by atoms with van der Waals surface area (Å²) in [6.45, 7) is 0. The van der Waals surface area contributed by atoms with Gasteiger partial charge in [-0.25, -0.2) is 4.57 Å². The molecule has 0 amide bonds. The second-order valence-electron chi connectivity index (χ2n) is 4.79. The third kappa shape index (κ3) is 4.14. The van der Waals surface area contributed by atoms with Gasteiger partial charge in [-0.1, -0.05) is 18.2 Å². The zero-order valence-corrected chi connectivity index (χ0v) is 12.2. The fourth-order valence-electron chi connectivity index (χ4n) is 2.16. The maximum Gasteiger partial charge on any atom is 0.427 e. The van der Waals surface area contributed by atoms with Gasteiger partial charge in [-0.3, -0.25) is 14.7 Å². The Morgan fingerprint density at radius 3 is 2.68 bits per heavy atom. The van der Waals surface area contributed by atoms with Gasteiger partial charge in [-0.15, -0.1) is 0 Å². The zero-order valence-electron chi connectivity index (χ0n) is 11.3. The van der Waals surface area contributed by atoms with E-state index in [1.807, 2.05) is 5.09 Å². The number of carbonyl (C=O) groups excluding carboxylic acids is 2. The molecule has 2 rings (SSSR count). The number of carbonyl (C=O) groups is 2. The van der Waals surface area contributed by atoms with Crippen molar-refractivity contribution in [1.29, 1.82) is 0 Å². The molecule has 0 fully saturated rings. The van der Waals surface area contributed by atoms with Crippen LogP contribution in [-0.4, -0.2) is 26.5 Å². The van der Waals surface area contributed by atoms with E-state index in [1.54, 1.807) is 12.1 Å². The minimum Gasteiger partial charge on any atom is -0.508 e. The van der Waals surface area contributed by atoms with Crippen molar-refractivity contribution < 1.29 is 29.0 Å². The second-order valence-corrected chi connectivity index (χ2v) is 6.10. The van der Waals surface area contributed by atoms with Gasteiger partial charge in [-0.2, -0.15) is 0 Å². The van der Waals surface area contributed by atoms with Gasteiger partial charge in [0.2, 0.25) is 0 Å². The Balaban J connectivity index is 2.22. The number of hydrogen-bond acceptors (Lipinski definition) is 4. The van der Waals surface area contributed by atoms with Crippen molar-refractivity contribution in [2.45, 2.75) is 6.42 Å². The fourth-order valence-corrected chi connectivity index (χ4v) is 2.70. The third-order valence-corrected chi connectivity index (χ3v) is 3.57. The van der Waals surface area contributed by atoms with Gasteiger partial charge in [-0.05, 0) is 29.8 Å². The number of phenolic OH excluding ortho intramolecular Hbond substituents is 1. The first kappa shape index (κ1) is 16.2. The number of ketones is 2. The van der Waals surface area contributed by atoms with Crippen molar-refractivity contribution in [1.82, 2.24) is 5.09 Å². The monoisotopic (exact) mass is 323 g/mol. The fraction of sp³-hybridized carbons (Fsp3) is 0.143. The lowest BCUT2D eigenvalue weighted by molar-refractivity contribution is -0.128. The molecule has 0 aromatic heterocycles. The van der Waals surface area contributed by atoms with Gasteiger partial charge >= 0.3 is 7.75 Å². The van der Waals surface area contributed by atoms with Crippen LogP contribution in [0.15, 0.2) is 48.2 Å². The van der Waals surface area contributed by atoms with Gasteiger partial charge in [0.15, 0.2) is 11.6 Å². The second kappa shape index (κ2) is 6.27. The van der Waals surface area contributed by atoms with Crippen LogP contribution in [0.3, 0.4) is 0 Å². The van der Waals surface area contributed by atoms with E-state index in [-0.39, 0.29) is 17.9 Å². The highest BCUT2D eigenvalue weighted by Gasteiger charge is 2.33. The van der Waals surface area contributed by atoms with E-state index < -0.39 is 25.2 Å². The summed E-state index contributed by atoms with van der Waals surface area (Å²) in [6, 6.07) is 6.01. The maximum atomic E-state index is 12.3. The Labute approximate surface area is 126 Å². The smallest absolute Gasteiger partial charge is 0.427 e. The van der Waals surface area contributed by atoms with E-state index in [9.17, 15) is 19.3 Å². The molecule has 8 heteroatoms. The average Bonchev–Trinajstić information content (AvgIpc) is 2.36. The minimum absolute atomic E-state index is 0.00993. The SMILES string of the molecule is O=C1C=CC=C(NP(=O)(O)O)C1C(=O)Cc1cccc(O)c1. The molecular weight excluding hydrogens is 309 g/mol. The lowest BCUT2D eigenvalue weighted by Crippen LogP contribution is -2.33. The summed E-state index contributed by atoms with van der Waals surface area (Å²) in [5.41, 5.74) is 0.369. The van der Waals surface area contributed by atoms with Crippen LogP contribution in [0.5, 0.6) is 5.75 Å². The number of phenols is 1. The Bertz CT molecular complexity index is 718. The number of aromatic hydroxyl groups is 1. The van der Waals surface area contributed by atoms with Crippen LogP contribution in [0, 0.1) is 5.92 Å². The van der Waals surface area contributed by atoms with E-state index in [2.05, 4.69) is 0 Å². The molecule has 0 spiro atoms. The molecule has 22 heavy (non-hydrogen) atoms. The number of rotatable bonds is 5. The van der Waals surface area contributed by atoms with Crippen LogP contribution in [-0.2, 0) is 20.6 Å². The molecule has 0 saturated heterocycles. The van der Waals surface area contributed by atoms with Gasteiger partial charge in [0, 0.05) is 12.1 Å². The topological polar surface area (TPSA) is 124 Å². The molecule has 1 aliphatic carbocycles. The predicted octanol–water partition coefficient (Wildman–Crippen LogP) is 0.825. The molecule has 0 bridgehead atoms. The molecule has 116 valence electrons. The summed E-state index contributed by atoms with van der Waals surface area (Å²) in [6.07, 6.45) is 3.64. The first-order valence-corrected chi connectivity index (χ1v) is 7.94. The summed E-state index contributed by atoms with van der Waals surface area (Å²) < 4.78 is 11.0. The van der Waals surface area contributed by atoms with Crippen molar-refractivity contribution in [2.24, 2.45) is 5.92 Å². The highest BCUT2D eigenvalue weighted by molar-refractivity contribution is 7.49. The Kier molecular flexibility index (Phi) is 4.61. The van der Waals surface area contributed by atoms with E-state index in [0.29, 0.717) is 5.56 Å². The molecule has 1 aromatic carbocycles. The first-order valence-electron chi connectivity index (χ1n) is 6.33.